The molecule has 1 fully saturated rings. The second-order valence-corrected chi connectivity index (χ2v) is 4.75. The number of thiocarbonyl (C=S) groups is 1. The zero-order valence-corrected chi connectivity index (χ0v) is 10.8. The van der Waals surface area contributed by atoms with Gasteiger partial charge >= 0.3 is 0 Å². The van der Waals surface area contributed by atoms with E-state index < -0.39 is 0 Å². The Morgan fingerprint density at radius 1 is 1.50 bits per heavy atom. The summed E-state index contributed by atoms with van der Waals surface area (Å²) in [5.74, 6) is 0.0951. The molecule has 0 aromatic carbocycles. The summed E-state index contributed by atoms with van der Waals surface area (Å²) in [6.45, 7) is 0.590. The number of aromatic nitrogens is 1. The minimum Gasteiger partial charge on any atom is -0.388 e. The van der Waals surface area contributed by atoms with Crippen LogP contribution >= 0.6 is 12.2 Å². The Bertz CT molecular complexity index is 442. The molecule has 2 rings (SSSR count). The molecule has 1 aromatic heterocycles. The van der Waals surface area contributed by atoms with Gasteiger partial charge in [0.15, 0.2) is 0 Å². The zero-order valence-electron chi connectivity index (χ0n) is 9.98. The van der Waals surface area contributed by atoms with Crippen LogP contribution in [0, 0.1) is 0 Å². The van der Waals surface area contributed by atoms with Crippen LogP contribution in [0.3, 0.4) is 0 Å². The smallest absolute Gasteiger partial charge is 0.221 e. The van der Waals surface area contributed by atoms with Crippen LogP contribution in [0.2, 0.25) is 0 Å². The lowest BCUT2D eigenvalue weighted by Crippen LogP contribution is -2.27. The second kappa shape index (κ2) is 5.77. The highest BCUT2D eigenvalue weighted by Gasteiger charge is 2.22. The number of amides is 1. The van der Waals surface area contributed by atoms with Crippen LogP contribution in [0.4, 0.5) is 5.69 Å². The van der Waals surface area contributed by atoms with E-state index in [1.54, 1.807) is 12.3 Å². The van der Waals surface area contributed by atoms with Crippen molar-refractivity contribution in [3.05, 3.63) is 24.0 Å². The van der Waals surface area contributed by atoms with Gasteiger partial charge in [-0.2, -0.15) is 0 Å². The van der Waals surface area contributed by atoms with Gasteiger partial charge in [0.05, 0.1) is 17.6 Å². The molecule has 18 heavy (non-hydrogen) atoms. The molecule has 1 heterocycles. The fourth-order valence-electron chi connectivity index (χ4n) is 1.49. The largest absolute Gasteiger partial charge is 0.388 e. The molecule has 5 nitrogen and oxygen atoms in total. The number of nitrogens with one attached hydrogen (secondary N) is 2. The third kappa shape index (κ3) is 3.96. The monoisotopic (exact) mass is 264 g/mol. The van der Waals surface area contributed by atoms with Crippen LogP contribution < -0.4 is 16.4 Å². The fraction of sp³-hybridized carbons (Fsp3) is 0.417. The van der Waals surface area contributed by atoms with Crippen LogP contribution in [-0.4, -0.2) is 28.5 Å². The van der Waals surface area contributed by atoms with Gasteiger partial charge < -0.3 is 16.4 Å². The first kappa shape index (κ1) is 12.8. The van der Waals surface area contributed by atoms with Crippen LogP contribution in [0.1, 0.15) is 25.0 Å². The van der Waals surface area contributed by atoms with E-state index in [2.05, 4.69) is 15.6 Å². The van der Waals surface area contributed by atoms with E-state index in [4.69, 9.17) is 18.0 Å². The van der Waals surface area contributed by atoms with Crippen LogP contribution in [0.25, 0.3) is 0 Å². The van der Waals surface area contributed by atoms with Crippen LogP contribution in [-0.2, 0) is 4.79 Å². The summed E-state index contributed by atoms with van der Waals surface area (Å²) < 4.78 is 0. The summed E-state index contributed by atoms with van der Waals surface area (Å²) in [4.78, 5) is 15.8. The van der Waals surface area contributed by atoms with E-state index in [9.17, 15) is 4.79 Å². The van der Waals surface area contributed by atoms with Crippen molar-refractivity contribution in [1.29, 1.82) is 0 Å². The first-order chi connectivity index (χ1) is 8.65. The normalized spacial score (nSPS) is 14.0. The number of rotatable bonds is 6. The highest BCUT2D eigenvalue weighted by atomic mass is 32.1. The molecule has 1 aromatic rings. The first-order valence-electron chi connectivity index (χ1n) is 5.94. The maximum atomic E-state index is 11.4. The summed E-state index contributed by atoms with van der Waals surface area (Å²) in [6, 6.07) is 4.03. The molecule has 6 heteroatoms. The van der Waals surface area contributed by atoms with Crippen molar-refractivity contribution in [2.45, 2.75) is 25.3 Å². The SMILES string of the molecule is NC(=S)c1ccc(NCCC(=O)NC2CC2)cn1. The number of hydrogen-bond acceptors (Lipinski definition) is 4. The molecular weight excluding hydrogens is 248 g/mol. The van der Waals surface area contributed by atoms with Gasteiger partial charge in [-0.1, -0.05) is 12.2 Å². The molecule has 1 aliphatic rings. The molecule has 0 aliphatic heterocycles. The fourth-order valence-corrected chi connectivity index (χ4v) is 1.61. The molecular formula is C12H16N4OS. The van der Waals surface area contributed by atoms with E-state index in [1.807, 2.05) is 6.07 Å². The van der Waals surface area contributed by atoms with Crippen molar-refractivity contribution in [2.24, 2.45) is 5.73 Å². The Hall–Kier alpha value is -1.69. The number of carbonyl (C=O) groups excluding carboxylic acids is 1. The molecule has 0 atom stereocenters. The summed E-state index contributed by atoms with van der Waals surface area (Å²) in [5, 5.41) is 6.06. The average molecular weight is 264 g/mol. The molecule has 4 N–H and O–H groups in total. The number of carbonyl (C=O) groups is 1. The summed E-state index contributed by atoms with van der Waals surface area (Å²) in [5.41, 5.74) is 6.91. The van der Waals surface area contributed by atoms with Crippen molar-refractivity contribution in [1.82, 2.24) is 10.3 Å². The third-order valence-corrected chi connectivity index (χ3v) is 2.85. The Balaban J connectivity index is 1.72. The first-order valence-corrected chi connectivity index (χ1v) is 6.35. The van der Waals surface area contributed by atoms with E-state index in [-0.39, 0.29) is 10.9 Å². The maximum Gasteiger partial charge on any atom is 0.221 e. The van der Waals surface area contributed by atoms with Crippen molar-refractivity contribution >= 4 is 28.8 Å². The van der Waals surface area contributed by atoms with Crippen molar-refractivity contribution in [3.63, 3.8) is 0 Å². The molecule has 0 radical (unpaired) electrons. The molecule has 0 unspecified atom stereocenters. The van der Waals surface area contributed by atoms with E-state index in [0.29, 0.717) is 24.7 Å². The average Bonchev–Trinajstić information content (AvgIpc) is 3.13. The Kier molecular flexibility index (Phi) is 4.09. The van der Waals surface area contributed by atoms with Crippen LogP contribution in [0.15, 0.2) is 18.3 Å². The highest BCUT2D eigenvalue weighted by Crippen LogP contribution is 2.18. The standard InChI is InChI=1S/C12H16N4OS/c13-12(18)10-4-3-9(7-15-10)14-6-5-11(17)16-8-1-2-8/h3-4,7-8,14H,1-2,5-6H2,(H2,13,18)(H,16,17). The van der Waals surface area contributed by atoms with Gasteiger partial charge in [-0.05, 0) is 25.0 Å². The van der Waals surface area contributed by atoms with Crippen molar-refractivity contribution < 1.29 is 4.79 Å². The van der Waals surface area contributed by atoms with Gasteiger partial charge in [0.2, 0.25) is 5.91 Å². The Morgan fingerprint density at radius 2 is 2.28 bits per heavy atom. The summed E-state index contributed by atoms with van der Waals surface area (Å²) in [6.07, 6.45) is 4.36. The zero-order chi connectivity index (χ0) is 13.0. The number of nitrogens with two attached hydrogens (primary N) is 1. The second-order valence-electron chi connectivity index (χ2n) is 4.31. The van der Waals surface area contributed by atoms with Crippen molar-refractivity contribution in [2.75, 3.05) is 11.9 Å². The minimum absolute atomic E-state index is 0.0951. The van der Waals surface area contributed by atoms with E-state index >= 15 is 0 Å². The lowest BCUT2D eigenvalue weighted by molar-refractivity contribution is -0.120. The molecule has 1 amide bonds. The predicted octanol–water partition coefficient (Wildman–Crippen LogP) is 0.796. The molecule has 0 bridgehead atoms. The van der Waals surface area contributed by atoms with Gasteiger partial charge in [-0.3, -0.25) is 9.78 Å². The number of nitrogens with zero attached hydrogens (tertiary/aromatic N) is 1. The molecule has 0 spiro atoms. The highest BCUT2D eigenvalue weighted by molar-refractivity contribution is 7.80. The Morgan fingerprint density at radius 3 is 2.83 bits per heavy atom. The summed E-state index contributed by atoms with van der Waals surface area (Å²) in [7, 11) is 0. The predicted molar refractivity (Wildman–Crippen MR) is 74.4 cm³/mol. The summed E-state index contributed by atoms with van der Waals surface area (Å²) >= 11 is 4.81. The third-order valence-electron chi connectivity index (χ3n) is 2.64. The van der Waals surface area contributed by atoms with Gasteiger partial charge in [0.1, 0.15) is 4.99 Å². The van der Waals surface area contributed by atoms with Gasteiger partial charge in [0, 0.05) is 19.0 Å². The molecule has 96 valence electrons. The van der Waals surface area contributed by atoms with E-state index in [0.717, 1.165) is 18.5 Å². The lowest BCUT2D eigenvalue weighted by atomic mass is 10.3. The van der Waals surface area contributed by atoms with Gasteiger partial charge in [-0.25, -0.2) is 0 Å². The number of hydrogen-bond donors (Lipinski definition) is 3. The van der Waals surface area contributed by atoms with Gasteiger partial charge in [0.25, 0.3) is 0 Å². The maximum absolute atomic E-state index is 11.4. The van der Waals surface area contributed by atoms with Gasteiger partial charge in [-0.15, -0.1) is 0 Å². The number of pyridine rings is 1. The molecule has 0 saturated heterocycles. The lowest BCUT2D eigenvalue weighted by Gasteiger charge is -2.07. The van der Waals surface area contributed by atoms with Crippen LogP contribution in [0.5, 0.6) is 0 Å². The van der Waals surface area contributed by atoms with Crippen molar-refractivity contribution in [3.8, 4) is 0 Å². The topological polar surface area (TPSA) is 80.0 Å². The Labute approximate surface area is 111 Å². The van der Waals surface area contributed by atoms with E-state index in [1.165, 1.54) is 0 Å². The number of anilines is 1. The molecule has 1 aliphatic carbocycles. The molecule has 1 saturated carbocycles. The quantitative estimate of drug-likeness (QED) is 0.662. The minimum atomic E-state index is 0.0951.